The number of rotatable bonds is 6. The van der Waals surface area contributed by atoms with Gasteiger partial charge in [0.15, 0.2) is 0 Å². The minimum Gasteiger partial charge on any atom is -0.463 e. The number of nitrogens with one attached hydrogen (secondary N) is 2. The zero-order chi connectivity index (χ0) is 22.0. The highest BCUT2D eigenvalue weighted by Gasteiger charge is 2.18. The van der Waals surface area contributed by atoms with E-state index in [1.165, 1.54) is 24.3 Å². The average molecular weight is 457 g/mol. The molecule has 1 amide bonds. The van der Waals surface area contributed by atoms with E-state index in [1.807, 2.05) is 6.92 Å². The fourth-order valence-corrected chi connectivity index (χ4v) is 4.67. The van der Waals surface area contributed by atoms with Gasteiger partial charge in [-0.1, -0.05) is 30.4 Å². The summed E-state index contributed by atoms with van der Waals surface area (Å²) in [5, 5.41) is 11.4. The summed E-state index contributed by atoms with van der Waals surface area (Å²) in [6, 6.07) is 12.1. The molecule has 0 atom stereocenters. The van der Waals surface area contributed by atoms with E-state index in [9.17, 15) is 18.0 Å². The van der Waals surface area contributed by atoms with Crippen LogP contribution in [0.1, 0.15) is 22.3 Å². The Morgan fingerprint density at radius 2 is 1.84 bits per heavy atom. The lowest BCUT2D eigenvalue weighted by atomic mass is 10.1. The molecule has 0 aliphatic carbocycles. The number of sulfonamides is 1. The SMILES string of the molecule is CCc1nnc(NS(=O)(=O)c2ccc(NC(=O)c3coc4ccccc4c3=O)cc2)s1. The zero-order valence-corrected chi connectivity index (χ0v) is 17.8. The number of aryl methyl sites for hydroxylation is 1. The van der Waals surface area contributed by atoms with Crippen LogP contribution >= 0.6 is 11.3 Å². The normalized spacial score (nSPS) is 11.4. The molecule has 4 aromatic rings. The van der Waals surface area contributed by atoms with Gasteiger partial charge in [-0.05, 0) is 42.8 Å². The van der Waals surface area contributed by atoms with E-state index in [0.717, 1.165) is 17.6 Å². The topological polar surface area (TPSA) is 131 Å². The second-order valence-electron chi connectivity index (χ2n) is 6.41. The van der Waals surface area contributed by atoms with Crippen molar-refractivity contribution in [2.75, 3.05) is 10.0 Å². The van der Waals surface area contributed by atoms with Gasteiger partial charge in [-0.25, -0.2) is 8.42 Å². The first kappa shape index (κ1) is 20.7. The molecule has 0 aliphatic heterocycles. The third-order valence-corrected chi connectivity index (χ3v) is 6.81. The Kier molecular flexibility index (Phi) is 5.53. The molecule has 0 saturated heterocycles. The van der Waals surface area contributed by atoms with Crippen LogP contribution in [0, 0.1) is 0 Å². The van der Waals surface area contributed by atoms with Gasteiger partial charge in [-0.3, -0.25) is 14.3 Å². The molecule has 2 aromatic heterocycles. The van der Waals surface area contributed by atoms with E-state index >= 15 is 0 Å². The molecule has 0 aliphatic rings. The summed E-state index contributed by atoms with van der Waals surface area (Å²) in [7, 11) is -3.86. The van der Waals surface area contributed by atoms with Crippen molar-refractivity contribution in [2.45, 2.75) is 18.2 Å². The van der Waals surface area contributed by atoms with Crippen molar-refractivity contribution in [3.05, 3.63) is 75.6 Å². The highest BCUT2D eigenvalue weighted by molar-refractivity contribution is 7.93. The molecule has 31 heavy (non-hydrogen) atoms. The van der Waals surface area contributed by atoms with Gasteiger partial charge in [0.25, 0.3) is 15.9 Å². The Labute approximate surface area is 180 Å². The Morgan fingerprint density at radius 3 is 2.55 bits per heavy atom. The molecule has 0 spiro atoms. The molecule has 0 unspecified atom stereocenters. The second kappa shape index (κ2) is 8.28. The van der Waals surface area contributed by atoms with Gasteiger partial charge in [-0.15, -0.1) is 10.2 Å². The predicted octanol–water partition coefficient (Wildman–Crippen LogP) is 3.26. The Balaban J connectivity index is 1.51. The van der Waals surface area contributed by atoms with Gasteiger partial charge in [0, 0.05) is 5.69 Å². The first-order chi connectivity index (χ1) is 14.9. The summed E-state index contributed by atoms with van der Waals surface area (Å²) in [4.78, 5) is 25.0. The molecule has 0 bridgehead atoms. The van der Waals surface area contributed by atoms with Gasteiger partial charge in [0.2, 0.25) is 10.6 Å². The third kappa shape index (κ3) is 4.32. The van der Waals surface area contributed by atoms with Gasteiger partial charge < -0.3 is 9.73 Å². The summed E-state index contributed by atoms with van der Waals surface area (Å²) < 4.78 is 32.8. The Hall–Kier alpha value is -3.57. The van der Waals surface area contributed by atoms with Crippen LogP contribution in [-0.2, 0) is 16.4 Å². The van der Waals surface area contributed by atoms with Crippen LogP contribution in [0.15, 0.2) is 68.9 Å². The fourth-order valence-electron chi connectivity index (χ4n) is 2.76. The molecule has 158 valence electrons. The smallest absolute Gasteiger partial charge is 0.263 e. The highest BCUT2D eigenvalue weighted by Crippen LogP contribution is 2.21. The van der Waals surface area contributed by atoms with Crippen molar-refractivity contribution in [2.24, 2.45) is 0 Å². The van der Waals surface area contributed by atoms with E-state index in [0.29, 0.717) is 28.1 Å². The number of carbonyl (C=O) groups excluding carboxylic acids is 1. The lowest BCUT2D eigenvalue weighted by Crippen LogP contribution is -2.21. The number of nitrogens with zero attached hydrogens (tertiary/aromatic N) is 2. The number of fused-ring (bicyclic) bond motifs is 1. The minimum atomic E-state index is -3.86. The standard InChI is InChI=1S/C20H16N4O5S2/c1-2-17-22-23-20(30-17)24-31(27,28)13-9-7-12(8-10-13)21-19(26)15-11-29-16-6-4-3-5-14(16)18(15)25/h3-11H,2H2,1H3,(H,21,26)(H,23,24). The molecule has 2 N–H and O–H groups in total. The minimum absolute atomic E-state index is 0.0102. The van der Waals surface area contributed by atoms with Gasteiger partial charge in [0.1, 0.15) is 22.4 Å². The van der Waals surface area contributed by atoms with E-state index in [-0.39, 0.29) is 15.6 Å². The molecular formula is C20H16N4O5S2. The number of benzene rings is 2. The Bertz CT molecular complexity index is 1430. The molecule has 0 saturated carbocycles. The summed E-state index contributed by atoms with van der Waals surface area (Å²) >= 11 is 1.16. The first-order valence-electron chi connectivity index (χ1n) is 9.14. The maximum absolute atomic E-state index is 12.5. The van der Waals surface area contributed by atoms with Crippen molar-refractivity contribution in [1.82, 2.24) is 10.2 Å². The van der Waals surface area contributed by atoms with E-state index < -0.39 is 21.4 Å². The second-order valence-corrected chi connectivity index (χ2v) is 9.16. The van der Waals surface area contributed by atoms with Gasteiger partial charge in [-0.2, -0.15) is 0 Å². The maximum atomic E-state index is 12.5. The lowest BCUT2D eigenvalue weighted by molar-refractivity contribution is 0.102. The van der Waals surface area contributed by atoms with Crippen LogP contribution in [0.3, 0.4) is 0 Å². The van der Waals surface area contributed by atoms with Crippen molar-refractivity contribution in [3.8, 4) is 0 Å². The molecule has 0 fully saturated rings. The van der Waals surface area contributed by atoms with Crippen molar-refractivity contribution in [1.29, 1.82) is 0 Å². The van der Waals surface area contributed by atoms with Crippen LogP contribution in [0.2, 0.25) is 0 Å². The molecule has 2 heterocycles. The maximum Gasteiger partial charge on any atom is 0.263 e. The lowest BCUT2D eigenvalue weighted by Gasteiger charge is -2.08. The number of hydrogen-bond donors (Lipinski definition) is 2. The van der Waals surface area contributed by atoms with Crippen molar-refractivity contribution in [3.63, 3.8) is 0 Å². The van der Waals surface area contributed by atoms with Crippen LogP contribution in [0.4, 0.5) is 10.8 Å². The van der Waals surface area contributed by atoms with E-state index in [4.69, 9.17) is 4.42 Å². The van der Waals surface area contributed by atoms with E-state index in [1.54, 1.807) is 24.3 Å². The Morgan fingerprint density at radius 1 is 1.10 bits per heavy atom. The highest BCUT2D eigenvalue weighted by atomic mass is 32.2. The third-order valence-electron chi connectivity index (χ3n) is 4.34. The van der Waals surface area contributed by atoms with E-state index in [2.05, 4.69) is 20.2 Å². The van der Waals surface area contributed by atoms with Crippen LogP contribution in [0.5, 0.6) is 0 Å². The molecule has 4 rings (SSSR count). The first-order valence-corrected chi connectivity index (χ1v) is 11.4. The number of anilines is 2. The average Bonchev–Trinajstić information content (AvgIpc) is 3.21. The predicted molar refractivity (Wildman–Crippen MR) is 117 cm³/mol. The summed E-state index contributed by atoms with van der Waals surface area (Å²) in [5.74, 6) is -0.658. The van der Waals surface area contributed by atoms with Crippen LogP contribution < -0.4 is 15.5 Å². The fraction of sp³-hybridized carbons (Fsp3) is 0.100. The molecule has 0 radical (unpaired) electrons. The summed E-state index contributed by atoms with van der Waals surface area (Å²) in [6.45, 7) is 1.90. The zero-order valence-electron chi connectivity index (χ0n) is 16.2. The van der Waals surface area contributed by atoms with Gasteiger partial charge >= 0.3 is 0 Å². The number of amides is 1. The van der Waals surface area contributed by atoms with Crippen molar-refractivity contribution >= 4 is 49.1 Å². The number of aromatic nitrogens is 2. The summed E-state index contributed by atoms with van der Waals surface area (Å²) in [6.07, 6.45) is 1.76. The molecule has 2 aromatic carbocycles. The van der Waals surface area contributed by atoms with Gasteiger partial charge in [0.05, 0.1) is 10.3 Å². The van der Waals surface area contributed by atoms with Crippen LogP contribution in [0.25, 0.3) is 11.0 Å². The quantitative estimate of drug-likeness (QED) is 0.455. The number of carbonyl (C=O) groups is 1. The largest absolute Gasteiger partial charge is 0.463 e. The number of hydrogen-bond acceptors (Lipinski definition) is 8. The molecule has 11 heteroatoms. The van der Waals surface area contributed by atoms with Crippen LogP contribution in [-0.4, -0.2) is 24.5 Å². The molecule has 9 nitrogen and oxygen atoms in total. The number of para-hydroxylation sites is 1. The monoisotopic (exact) mass is 456 g/mol. The van der Waals surface area contributed by atoms with Crippen molar-refractivity contribution < 1.29 is 17.6 Å². The molecular weight excluding hydrogens is 440 g/mol. The summed E-state index contributed by atoms with van der Waals surface area (Å²) in [5.41, 5.74) is 0.0969.